The van der Waals surface area contributed by atoms with E-state index in [9.17, 15) is 13.2 Å². The molecule has 26 heavy (non-hydrogen) atoms. The molecule has 1 heterocycles. The predicted octanol–water partition coefficient (Wildman–Crippen LogP) is 2.58. The van der Waals surface area contributed by atoms with Crippen LogP contribution in [0.3, 0.4) is 0 Å². The lowest BCUT2D eigenvalue weighted by molar-refractivity contribution is 0.0730. The van der Waals surface area contributed by atoms with Gasteiger partial charge in [-0.05, 0) is 44.4 Å². The Balaban J connectivity index is 2.35. The molecule has 0 saturated carbocycles. The van der Waals surface area contributed by atoms with E-state index in [1.165, 1.54) is 10.4 Å². The minimum absolute atomic E-state index is 0.225. The summed E-state index contributed by atoms with van der Waals surface area (Å²) in [5.41, 5.74) is 0.762. The summed E-state index contributed by atoms with van der Waals surface area (Å²) in [7, 11) is -3.64. The van der Waals surface area contributed by atoms with Gasteiger partial charge in [0.2, 0.25) is 10.0 Å². The number of morpholine rings is 1. The van der Waals surface area contributed by atoms with Crippen LogP contribution in [-0.4, -0.2) is 50.5 Å². The van der Waals surface area contributed by atoms with Gasteiger partial charge < -0.3 is 10.1 Å². The van der Waals surface area contributed by atoms with E-state index in [0.29, 0.717) is 38.3 Å². The molecule has 0 atom stereocenters. The second-order valence-corrected chi connectivity index (χ2v) is 9.19. The zero-order valence-electron chi connectivity index (χ0n) is 16.2. The summed E-state index contributed by atoms with van der Waals surface area (Å²) in [6.45, 7) is 9.39. The molecule has 1 aliphatic heterocycles. The van der Waals surface area contributed by atoms with Crippen molar-refractivity contribution in [3.8, 4) is 0 Å². The third kappa shape index (κ3) is 4.84. The molecule has 1 saturated heterocycles. The minimum Gasteiger partial charge on any atom is -0.379 e. The summed E-state index contributed by atoms with van der Waals surface area (Å²) in [5, 5.41) is 3.00. The summed E-state index contributed by atoms with van der Waals surface area (Å²) < 4.78 is 32.8. The molecule has 1 N–H and O–H groups in total. The monoisotopic (exact) mass is 382 g/mol. The second kappa shape index (κ2) is 8.50. The average Bonchev–Trinajstić information content (AvgIpc) is 2.61. The van der Waals surface area contributed by atoms with Crippen LogP contribution in [0.2, 0.25) is 0 Å². The average molecular weight is 383 g/mol. The SMILES string of the molecule is CCCC(C)(C)NC(=O)c1ccc(CC)c(S(=O)(=O)N2CCOCC2)c1. The number of hydrogen-bond acceptors (Lipinski definition) is 4. The number of amides is 1. The van der Waals surface area contributed by atoms with Crippen LogP contribution in [-0.2, 0) is 21.2 Å². The number of sulfonamides is 1. The van der Waals surface area contributed by atoms with Crippen LogP contribution in [0.25, 0.3) is 0 Å². The standard InChI is InChI=1S/C19H30N2O4S/c1-5-9-19(3,4)20-18(22)16-8-7-15(6-2)17(14-16)26(23,24)21-10-12-25-13-11-21/h7-8,14H,5-6,9-13H2,1-4H3,(H,20,22). The molecule has 0 aromatic heterocycles. The maximum absolute atomic E-state index is 13.1. The molecule has 0 unspecified atom stereocenters. The highest BCUT2D eigenvalue weighted by Gasteiger charge is 2.29. The fourth-order valence-electron chi connectivity index (χ4n) is 3.22. The Labute approximate surface area is 157 Å². The van der Waals surface area contributed by atoms with Gasteiger partial charge in [-0.15, -0.1) is 0 Å². The lowest BCUT2D eigenvalue weighted by Gasteiger charge is -2.28. The van der Waals surface area contributed by atoms with Gasteiger partial charge in [0.1, 0.15) is 0 Å². The maximum Gasteiger partial charge on any atom is 0.251 e. The smallest absolute Gasteiger partial charge is 0.251 e. The number of nitrogens with zero attached hydrogens (tertiary/aromatic N) is 1. The first-order valence-electron chi connectivity index (χ1n) is 9.24. The Morgan fingerprint density at radius 3 is 2.46 bits per heavy atom. The number of nitrogens with one attached hydrogen (secondary N) is 1. The Kier molecular flexibility index (Phi) is 6.82. The van der Waals surface area contributed by atoms with E-state index in [0.717, 1.165) is 18.4 Å². The van der Waals surface area contributed by atoms with Crippen molar-refractivity contribution in [1.29, 1.82) is 0 Å². The van der Waals surface area contributed by atoms with Crippen LogP contribution in [0.4, 0.5) is 0 Å². The van der Waals surface area contributed by atoms with Crippen LogP contribution in [0, 0.1) is 0 Å². The summed E-state index contributed by atoms with van der Waals surface area (Å²) in [6.07, 6.45) is 2.39. The normalized spacial score (nSPS) is 16.5. The molecule has 0 bridgehead atoms. The summed E-state index contributed by atoms with van der Waals surface area (Å²) in [6, 6.07) is 4.96. The number of carbonyl (C=O) groups excluding carboxylic acids is 1. The van der Waals surface area contributed by atoms with E-state index in [1.807, 2.05) is 20.8 Å². The van der Waals surface area contributed by atoms with E-state index >= 15 is 0 Å². The van der Waals surface area contributed by atoms with Crippen molar-refractivity contribution < 1.29 is 17.9 Å². The molecule has 0 aliphatic carbocycles. The third-order valence-electron chi connectivity index (χ3n) is 4.63. The molecule has 6 nitrogen and oxygen atoms in total. The minimum atomic E-state index is -3.64. The van der Waals surface area contributed by atoms with Crippen molar-refractivity contribution in [3.05, 3.63) is 29.3 Å². The molecule has 0 radical (unpaired) electrons. The molecule has 1 fully saturated rings. The highest BCUT2D eigenvalue weighted by atomic mass is 32.2. The van der Waals surface area contributed by atoms with Crippen molar-refractivity contribution in [2.24, 2.45) is 0 Å². The van der Waals surface area contributed by atoms with Crippen molar-refractivity contribution in [3.63, 3.8) is 0 Å². The first kappa shape index (κ1) is 20.9. The number of aryl methyl sites for hydroxylation is 1. The van der Waals surface area contributed by atoms with E-state index in [1.54, 1.807) is 12.1 Å². The molecule has 1 aromatic rings. The summed E-state index contributed by atoms with van der Waals surface area (Å²) in [5.74, 6) is -0.246. The van der Waals surface area contributed by atoms with E-state index in [4.69, 9.17) is 4.74 Å². The van der Waals surface area contributed by atoms with E-state index < -0.39 is 10.0 Å². The van der Waals surface area contributed by atoms with Crippen molar-refractivity contribution in [1.82, 2.24) is 9.62 Å². The Morgan fingerprint density at radius 2 is 1.88 bits per heavy atom. The Morgan fingerprint density at radius 1 is 1.23 bits per heavy atom. The number of benzene rings is 1. The van der Waals surface area contributed by atoms with E-state index in [-0.39, 0.29) is 16.3 Å². The van der Waals surface area contributed by atoms with Gasteiger partial charge in [0.15, 0.2) is 0 Å². The first-order chi connectivity index (χ1) is 12.2. The highest BCUT2D eigenvalue weighted by Crippen LogP contribution is 2.24. The fraction of sp³-hybridized carbons (Fsp3) is 0.632. The summed E-state index contributed by atoms with van der Waals surface area (Å²) >= 11 is 0. The van der Waals surface area contributed by atoms with E-state index in [2.05, 4.69) is 12.2 Å². The molecule has 1 amide bonds. The number of carbonyl (C=O) groups is 1. The van der Waals surface area contributed by atoms with Crippen molar-refractivity contribution in [2.45, 2.75) is 57.4 Å². The topological polar surface area (TPSA) is 75.7 Å². The molecule has 146 valence electrons. The molecule has 1 aliphatic rings. The Bertz CT molecular complexity index is 738. The largest absolute Gasteiger partial charge is 0.379 e. The van der Waals surface area contributed by atoms with Crippen LogP contribution in [0.1, 0.15) is 56.5 Å². The van der Waals surface area contributed by atoms with Crippen LogP contribution >= 0.6 is 0 Å². The number of ether oxygens (including phenoxy) is 1. The van der Waals surface area contributed by atoms with Gasteiger partial charge in [-0.3, -0.25) is 4.79 Å². The molecular weight excluding hydrogens is 352 g/mol. The molecule has 2 rings (SSSR count). The zero-order valence-corrected chi connectivity index (χ0v) is 17.0. The van der Waals surface area contributed by atoms with Crippen molar-refractivity contribution in [2.75, 3.05) is 26.3 Å². The second-order valence-electron chi connectivity index (χ2n) is 7.28. The molecule has 7 heteroatoms. The van der Waals surface area contributed by atoms with Gasteiger partial charge in [0.05, 0.1) is 18.1 Å². The zero-order chi connectivity index (χ0) is 19.4. The van der Waals surface area contributed by atoms with Gasteiger partial charge in [0, 0.05) is 24.2 Å². The van der Waals surface area contributed by atoms with Crippen LogP contribution < -0.4 is 5.32 Å². The molecule has 0 spiro atoms. The molecule has 1 aromatic carbocycles. The lowest BCUT2D eigenvalue weighted by Crippen LogP contribution is -2.43. The summed E-state index contributed by atoms with van der Waals surface area (Å²) in [4.78, 5) is 12.9. The maximum atomic E-state index is 13.1. The van der Waals surface area contributed by atoms with Crippen molar-refractivity contribution >= 4 is 15.9 Å². The first-order valence-corrected chi connectivity index (χ1v) is 10.7. The number of hydrogen-bond donors (Lipinski definition) is 1. The fourth-order valence-corrected chi connectivity index (χ4v) is 4.95. The van der Waals surface area contributed by atoms with Crippen LogP contribution in [0.5, 0.6) is 0 Å². The Hall–Kier alpha value is -1.44. The van der Waals surface area contributed by atoms with Gasteiger partial charge in [-0.25, -0.2) is 8.42 Å². The highest BCUT2D eigenvalue weighted by molar-refractivity contribution is 7.89. The molecular formula is C19H30N2O4S. The lowest BCUT2D eigenvalue weighted by atomic mass is 9.98. The van der Waals surface area contributed by atoms with Gasteiger partial charge in [-0.2, -0.15) is 4.31 Å². The van der Waals surface area contributed by atoms with Crippen LogP contribution in [0.15, 0.2) is 23.1 Å². The van der Waals surface area contributed by atoms with Gasteiger partial charge in [0.25, 0.3) is 5.91 Å². The number of rotatable bonds is 7. The van der Waals surface area contributed by atoms with Gasteiger partial charge >= 0.3 is 0 Å². The van der Waals surface area contributed by atoms with Gasteiger partial charge in [-0.1, -0.05) is 26.3 Å². The predicted molar refractivity (Wildman–Crippen MR) is 102 cm³/mol. The third-order valence-corrected chi connectivity index (χ3v) is 6.61. The quantitative estimate of drug-likeness (QED) is 0.786.